The van der Waals surface area contributed by atoms with Gasteiger partial charge in [-0.3, -0.25) is 9.59 Å². The molecule has 1 atom stereocenters. The van der Waals surface area contributed by atoms with E-state index in [2.05, 4.69) is 38.1 Å². The molecule has 0 radical (unpaired) electrons. The number of nitrogens with zero attached hydrogens (tertiary/aromatic N) is 2. The summed E-state index contributed by atoms with van der Waals surface area (Å²) in [6.45, 7) is 6.95. The number of benzene rings is 1. The van der Waals surface area contributed by atoms with Crippen LogP contribution in [0.1, 0.15) is 60.5 Å². The first-order valence-corrected chi connectivity index (χ1v) is 10.2. The molecular weight excluding hydrogens is 352 g/mol. The lowest BCUT2D eigenvalue weighted by Gasteiger charge is -2.39. The first-order valence-electron chi connectivity index (χ1n) is 10.2. The molecule has 1 aromatic carbocycles. The Morgan fingerprint density at radius 3 is 2.61 bits per heavy atom. The van der Waals surface area contributed by atoms with Crippen LogP contribution in [0.2, 0.25) is 0 Å². The molecule has 2 amide bonds. The average Bonchev–Trinajstić information content (AvgIpc) is 3.37. The van der Waals surface area contributed by atoms with Gasteiger partial charge in [-0.05, 0) is 42.4 Å². The Bertz CT molecular complexity index is 841. The fraction of sp³-hybridized carbons (Fsp3) is 0.478. The first-order chi connectivity index (χ1) is 13.5. The van der Waals surface area contributed by atoms with Gasteiger partial charge in [0, 0.05) is 26.2 Å². The maximum absolute atomic E-state index is 13.4. The predicted molar refractivity (Wildman–Crippen MR) is 107 cm³/mol. The number of hydrogen-bond acceptors (Lipinski definition) is 3. The Morgan fingerprint density at radius 2 is 1.93 bits per heavy atom. The third-order valence-corrected chi connectivity index (χ3v) is 6.25. The molecular formula is C23H28N2O3. The van der Waals surface area contributed by atoms with Crippen LogP contribution in [-0.2, 0) is 11.3 Å². The summed E-state index contributed by atoms with van der Waals surface area (Å²) in [5, 5.41) is 0. The molecule has 0 N–H and O–H groups in total. The van der Waals surface area contributed by atoms with Crippen molar-refractivity contribution in [3.63, 3.8) is 0 Å². The summed E-state index contributed by atoms with van der Waals surface area (Å²) in [7, 11) is 0. The van der Waals surface area contributed by atoms with E-state index >= 15 is 0 Å². The molecule has 2 aromatic rings. The van der Waals surface area contributed by atoms with Crippen molar-refractivity contribution in [2.75, 3.05) is 19.6 Å². The summed E-state index contributed by atoms with van der Waals surface area (Å²) in [6.07, 6.45) is 5.59. The zero-order valence-electron chi connectivity index (χ0n) is 16.7. The summed E-state index contributed by atoms with van der Waals surface area (Å²) in [4.78, 5) is 29.8. The Balaban J connectivity index is 1.45. The molecule has 4 rings (SSSR count). The van der Waals surface area contributed by atoms with E-state index in [0.29, 0.717) is 31.1 Å². The van der Waals surface area contributed by atoms with E-state index in [1.54, 1.807) is 6.07 Å². The molecule has 1 aromatic heterocycles. The molecule has 2 aliphatic rings. The van der Waals surface area contributed by atoms with Crippen LogP contribution in [0.15, 0.2) is 47.3 Å². The highest BCUT2D eigenvalue weighted by molar-refractivity contribution is 5.95. The third kappa shape index (κ3) is 3.46. The molecule has 5 nitrogen and oxygen atoms in total. The first kappa shape index (κ1) is 18.8. The number of carbonyl (C=O) groups is 2. The van der Waals surface area contributed by atoms with E-state index in [4.69, 9.17) is 4.42 Å². The minimum atomic E-state index is -0.421. The summed E-state index contributed by atoms with van der Waals surface area (Å²) >= 11 is 0. The zero-order chi connectivity index (χ0) is 19.7. The van der Waals surface area contributed by atoms with Gasteiger partial charge in [0.25, 0.3) is 5.91 Å². The molecule has 0 saturated carbocycles. The van der Waals surface area contributed by atoms with Gasteiger partial charge in [0.2, 0.25) is 5.91 Å². The molecule has 2 saturated heterocycles. The van der Waals surface area contributed by atoms with Crippen LogP contribution in [0.25, 0.3) is 0 Å². The highest BCUT2D eigenvalue weighted by Crippen LogP contribution is 2.41. The van der Waals surface area contributed by atoms with E-state index in [9.17, 15) is 9.59 Å². The highest BCUT2D eigenvalue weighted by Gasteiger charge is 2.49. The zero-order valence-corrected chi connectivity index (χ0v) is 16.7. The fourth-order valence-electron chi connectivity index (χ4n) is 4.52. The van der Waals surface area contributed by atoms with Crippen molar-refractivity contribution >= 4 is 11.8 Å². The van der Waals surface area contributed by atoms with Crippen molar-refractivity contribution in [2.45, 2.75) is 45.6 Å². The van der Waals surface area contributed by atoms with E-state index in [1.807, 2.05) is 9.80 Å². The van der Waals surface area contributed by atoms with Crippen LogP contribution in [0.3, 0.4) is 0 Å². The SMILES string of the molecule is CC(C)c1ccc(CN2CCCC3(CCN(C(=O)c4ccoc4)C3)C2=O)cc1. The number of hydrogen-bond donors (Lipinski definition) is 0. The van der Waals surface area contributed by atoms with Gasteiger partial charge < -0.3 is 14.2 Å². The maximum atomic E-state index is 13.4. The Labute approximate surface area is 166 Å². The number of piperidine rings is 1. The average molecular weight is 380 g/mol. The van der Waals surface area contributed by atoms with Gasteiger partial charge in [-0.25, -0.2) is 0 Å². The van der Waals surface area contributed by atoms with Crippen molar-refractivity contribution in [2.24, 2.45) is 5.41 Å². The van der Waals surface area contributed by atoms with Crippen molar-refractivity contribution in [3.05, 3.63) is 59.5 Å². The van der Waals surface area contributed by atoms with E-state index in [-0.39, 0.29) is 11.8 Å². The molecule has 148 valence electrons. The van der Waals surface area contributed by atoms with E-state index in [0.717, 1.165) is 25.8 Å². The standard InChI is InChI=1S/C23H28N2O3/c1-17(2)19-6-4-18(5-7-19)14-24-11-3-9-23(22(24)27)10-12-25(16-23)21(26)20-8-13-28-15-20/h4-8,13,15,17H,3,9-12,14,16H2,1-2H3. The van der Waals surface area contributed by atoms with Crippen LogP contribution >= 0.6 is 0 Å². The lowest BCUT2D eigenvalue weighted by atomic mass is 9.78. The predicted octanol–water partition coefficient (Wildman–Crippen LogP) is 4.06. The van der Waals surface area contributed by atoms with E-state index in [1.165, 1.54) is 23.7 Å². The monoisotopic (exact) mass is 380 g/mol. The van der Waals surface area contributed by atoms with Crippen LogP contribution in [0.5, 0.6) is 0 Å². The molecule has 28 heavy (non-hydrogen) atoms. The van der Waals surface area contributed by atoms with Crippen LogP contribution in [0, 0.1) is 5.41 Å². The lowest BCUT2D eigenvalue weighted by Crippen LogP contribution is -2.50. The Kier molecular flexibility index (Phi) is 5.00. The van der Waals surface area contributed by atoms with Gasteiger partial charge in [0.1, 0.15) is 6.26 Å². The van der Waals surface area contributed by atoms with Gasteiger partial charge in [0.15, 0.2) is 0 Å². The van der Waals surface area contributed by atoms with Gasteiger partial charge in [-0.15, -0.1) is 0 Å². The molecule has 0 aliphatic carbocycles. The Morgan fingerprint density at radius 1 is 1.14 bits per heavy atom. The lowest BCUT2D eigenvalue weighted by molar-refractivity contribution is -0.146. The van der Waals surface area contributed by atoms with E-state index < -0.39 is 5.41 Å². The minimum absolute atomic E-state index is 0.0418. The fourth-order valence-corrected chi connectivity index (χ4v) is 4.52. The molecule has 0 bridgehead atoms. The van der Waals surface area contributed by atoms with Gasteiger partial charge in [-0.2, -0.15) is 0 Å². The maximum Gasteiger partial charge on any atom is 0.257 e. The number of carbonyl (C=O) groups excluding carboxylic acids is 2. The summed E-state index contributed by atoms with van der Waals surface area (Å²) < 4.78 is 5.04. The normalized spacial score (nSPS) is 22.5. The number of amides is 2. The van der Waals surface area contributed by atoms with Crippen LogP contribution in [0.4, 0.5) is 0 Å². The largest absolute Gasteiger partial charge is 0.472 e. The highest BCUT2D eigenvalue weighted by atomic mass is 16.3. The van der Waals surface area contributed by atoms with Gasteiger partial charge in [-0.1, -0.05) is 38.1 Å². The second-order valence-electron chi connectivity index (χ2n) is 8.50. The van der Waals surface area contributed by atoms with Crippen LogP contribution < -0.4 is 0 Å². The molecule has 3 heterocycles. The second-order valence-corrected chi connectivity index (χ2v) is 8.50. The number of likely N-dealkylation sites (tertiary alicyclic amines) is 2. The third-order valence-electron chi connectivity index (χ3n) is 6.25. The molecule has 2 aliphatic heterocycles. The second kappa shape index (κ2) is 7.46. The van der Waals surface area contributed by atoms with Gasteiger partial charge >= 0.3 is 0 Å². The number of rotatable bonds is 4. The molecule has 1 unspecified atom stereocenters. The molecule has 5 heteroatoms. The Hall–Kier alpha value is -2.56. The smallest absolute Gasteiger partial charge is 0.257 e. The van der Waals surface area contributed by atoms with Crippen molar-refractivity contribution < 1.29 is 14.0 Å². The van der Waals surface area contributed by atoms with Crippen molar-refractivity contribution in [3.8, 4) is 0 Å². The van der Waals surface area contributed by atoms with Crippen molar-refractivity contribution in [1.29, 1.82) is 0 Å². The van der Waals surface area contributed by atoms with Crippen LogP contribution in [-0.4, -0.2) is 41.2 Å². The molecule has 1 spiro atoms. The molecule has 2 fully saturated rings. The summed E-state index contributed by atoms with van der Waals surface area (Å²) in [5.41, 5.74) is 2.62. The number of furan rings is 1. The summed E-state index contributed by atoms with van der Waals surface area (Å²) in [5.74, 6) is 0.667. The van der Waals surface area contributed by atoms with Gasteiger partial charge in [0.05, 0.1) is 17.2 Å². The topological polar surface area (TPSA) is 53.8 Å². The van der Waals surface area contributed by atoms with Crippen molar-refractivity contribution in [1.82, 2.24) is 9.80 Å². The minimum Gasteiger partial charge on any atom is -0.472 e. The summed E-state index contributed by atoms with van der Waals surface area (Å²) in [6, 6.07) is 10.3. The quantitative estimate of drug-likeness (QED) is 0.804.